The summed E-state index contributed by atoms with van der Waals surface area (Å²) in [7, 11) is 1.88. The van der Waals surface area contributed by atoms with Gasteiger partial charge in [0.25, 0.3) is 5.56 Å². The minimum absolute atomic E-state index is 0.0624. The van der Waals surface area contributed by atoms with Crippen molar-refractivity contribution in [3.8, 4) is 0 Å². The van der Waals surface area contributed by atoms with Crippen molar-refractivity contribution in [2.24, 2.45) is 5.92 Å². The lowest BCUT2D eigenvalue weighted by Gasteiger charge is -2.24. The maximum absolute atomic E-state index is 12.2. The van der Waals surface area contributed by atoms with Crippen LogP contribution in [-0.4, -0.2) is 39.0 Å². The predicted molar refractivity (Wildman–Crippen MR) is 90.5 cm³/mol. The summed E-state index contributed by atoms with van der Waals surface area (Å²) in [6.45, 7) is 2.12. The molecule has 1 saturated carbocycles. The van der Waals surface area contributed by atoms with Crippen molar-refractivity contribution in [3.05, 3.63) is 33.7 Å². The first-order valence-electron chi connectivity index (χ1n) is 7.35. The van der Waals surface area contributed by atoms with Gasteiger partial charge in [0, 0.05) is 36.5 Å². The van der Waals surface area contributed by atoms with Gasteiger partial charge in [-0.05, 0) is 25.7 Å². The number of carbonyl (C=O) groups is 1. The topological polar surface area (TPSA) is 54.7 Å². The van der Waals surface area contributed by atoms with Gasteiger partial charge >= 0.3 is 0 Å². The summed E-state index contributed by atoms with van der Waals surface area (Å²) in [4.78, 5) is 31.1. The lowest BCUT2D eigenvalue weighted by molar-refractivity contribution is -0.129. The molecule has 5 nitrogen and oxygen atoms in total. The van der Waals surface area contributed by atoms with Gasteiger partial charge in [0.1, 0.15) is 0 Å². The normalized spacial score (nSPS) is 15.9. The fourth-order valence-corrected chi connectivity index (χ4v) is 4.00. The molecule has 2 heterocycles. The summed E-state index contributed by atoms with van der Waals surface area (Å²) >= 11 is 2.96. The van der Waals surface area contributed by atoms with E-state index < -0.39 is 0 Å². The van der Waals surface area contributed by atoms with Crippen molar-refractivity contribution in [1.29, 1.82) is 0 Å². The number of amides is 1. The molecule has 1 aliphatic rings. The average Bonchev–Trinajstić information content (AvgIpc) is 3.24. The number of fused-ring (bicyclic) bond motifs is 1. The molecule has 22 heavy (non-hydrogen) atoms. The largest absolute Gasteiger partial charge is 0.342 e. The summed E-state index contributed by atoms with van der Waals surface area (Å²) < 4.78 is 1.54. The highest BCUT2D eigenvalue weighted by Gasteiger charge is 2.32. The maximum Gasteiger partial charge on any atom is 0.258 e. The Morgan fingerprint density at radius 2 is 2.36 bits per heavy atom. The number of aromatic nitrogens is 2. The number of thiazole rings is 1. The summed E-state index contributed by atoms with van der Waals surface area (Å²) in [5.41, 5.74) is 0.677. The van der Waals surface area contributed by atoms with E-state index in [0.717, 1.165) is 5.69 Å². The molecular formula is C15H19N3O2S2. The Morgan fingerprint density at radius 1 is 1.59 bits per heavy atom. The summed E-state index contributed by atoms with van der Waals surface area (Å²) in [5.74, 6) is 1.85. The van der Waals surface area contributed by atoms with Crippen LogP contribution in [0.25, 0.3) is 4.96 Å². The molecule has 1 atom stereocenters. The molecule has 2 aromatic rings. The highest BCUT2D eigenvalue weighted by atomic mass is 32.2. The zero-order valence-corrected chi connectivity index (χ0v) is 14.3. The van der Waals surface area contributed by atoms with Crippen LogP contribution in [0.5, 0.6) is 0 Å². The Morgan fingerprint density at radius 3 is 3.09 bits per heavy atom. The van der Waals surface area contributed by atoms with Gasteiger partial charge in [0.05, 0.1) is 11.4 Å². The highest BCUT2D eigenvalue weighted by molar-refractivity contribution is 7.99. The Kier molecular flexibility index (Phi) is 4.54. The Balaban J connectivity index is 1.55. The van der Waals surface area contributed by atoms with Gasteiger partial charge in [-0.15, -0.1) is 23.1 Å². The molecule has 0 radical (unpaired) electrons. The molecule has 0 spiro atoms. The maximum atomic E-state index is 12.2. The molecular weight excluding hydrogens is 318 g/mol. The highest BCUT2D eigenvalue weighted by Crippen LogP contribution is 2.34. The van der Waals surface area contributed by atoms with Crippen molar-refractivity contribution in [3.63, 3.8) is 0 Å². The van der Waals surface area contributed by atoms with Crippen LogP contribution in [0.1, 0.15) is 25.5 Å². The van der Waals surface area contributed by atoms with E-state index in [1.807, 2.05) is 17.3 Å². The third-order valence-electron chi connectivity index (χ3n) is 4.14. The van der Waals surface area contributed by atoms with Crippen LogP contribution in [0.3, 0.4) is 0 Å². The lowest BCUT2D eigenvalue weighted by Crippen LogP contribution is -2.37. The number of thioether (sulfide) groups is 1. The second kappa shape index (κ2) is 6.42. The molecule has 1 fully saturated rings. The molecule has 7 heteroatoms. The molecule has 2 aromatic heterocycles. The minimum atomic E-state index is -0.0624. The van der Waals surface area contributed by atoms with E-state index in [1.165, 1.54) is 40.3 Å². The van der Waals surface area contributed by atoms with Gasteiger partial charge in [0.15, 0.2) is 4.96 Å². The van der Waals surface area contributed by atoms with Crippen LogP contribution >= 0.6 is 23.1 Å². The Labute approximate surface area is 137 Å². The smallest absolute Gasteiger partial charge is 0.258 e. The number of hydrogen-bond acceptors (Lipinski definition) is 5. The second-order valence-electron chi connectivity index (χ2n) is 5.72. The summed E-state index contributed by atoms with van der Waals surface area (Å²) in [6, 6.07) is 1.88. The van der Waals surface area contributed by atoms with Crippen molar-refractivity contribution in [1.82, 2.24) is 14.3 Å². The molecule has 0 saturated heterocycles. The first-order chi connectivity index (χ1) is 10.6. The van der Waals surface area contributed by atoms with Gasteiger partial charge < -0.3 is 4.90 Å². The monoisotopic (exact) mass is 337 g/mol. The number of nitrogens with zero attached hydrogens (tertiary/aromatic N) is 3. The first-order valence-corrected chi connectivity index (χ1v) is 9.39. The van der Waals surface area contributed by atoms with E-state index in [9.17, 15) is 9.59 Å². The van der Waals surface area contributed by atoms with Crippen molar-refractivity contribution in [2.45, 2.75) is 31.6 Å². The van der Waals surface area contributed by atoms with Crippen LogP contribution in [-0.2, 0) is 10.5 Å². The molecule has 0 N–H and O–H groups in total. The molecule has 0 aromatic carbocycles. The Bertz CT molecular complexity index is 736. The van der Waals surface area contributed by atoms with E-state index in [4.69, 9.17) is 0 Å². The molecule has 0 aliphatic heterocycles. The molecule has 0 bridgehead atoms. The van der Waals surface area contributed by atoms with Crippen molar-refractivity contribution in [2.75, 3.05) is 12.8 Å². The molecule has 1 aliphatic carbocycles. The fourth-order valence-electron chi connectivity index (χ4n) is 2.43. The number of carbonyl (C=O) groups excluding carboxylic acids is 1. The van der Waals surface area contributed by atoms with Gasteiger partial charge in [-0.25, -0.2) is 4.98 Å². The SMILES string of the molecule is CC(C1CC1)N(C)C(=O)CSCc1cc(=O)n2ccsc2n1. The third-order valence-corrected chi connectivity index (χ3v) is 5.85. The zero-order chi connectivity index (χ0) is 15.7. The van der Waals surface area contributed by atoms with Gasteiger partial charge in [-0.2, -0.15) is 0 Å². The van der Waals surface area contributed by atoms with Crippen LogP contribution in [0.4, 0.5) is 0 Å². The fraction of sp³-hybridized carbons (Fsp3) is 0.533. The molecule has 118 valence electrons. The van der Waals surface area contributed by atoms with E-state index in [-0.39, 0.29) is 11.5 Å². The van der Waals surface area contributed by atoms with E-state index in [0.29, 0.717) is 28.4 Å². The zero-order valence-electron chi connectivity index (χ0n) is 12.7. The van der Waals surface area contributed by atoms with Crippen LogP contribution in [0, 0.1) is 5.92 Å². The van der Waals surface area contributed by atoms with E-state index in [1.54, 1.807) is 12.3 Å². The van der Waals surface area contributed by atoms with Crippen LogP contribution in [0.2, 0.25) is 0 Å². The van der Waals surface area contributed by atoms with Crippen LogP contribution < -0.4 is 5.56 Å². The minimum Gasteiger partial charge on any atom is -0.342 e. The van der Waals surface area contributed by atoms with Gasteiger partial charge in [-0.1, -0.05) is 0 Å². The number of hydrogen-bond donors (Lipinski definition) is 0. The van der Waals surface area contributed by atoms with Crippen LogP contribution in [0.15, 0.2) is 22.4 Å². The summed E-state index contributed by atoms with van der Waals surface area (Å²) in [6.07, 6.45) is 4.20. The van der Waals surface area contributed by atoms with Gasteiger partial charge in [-0.3, -0.25) is 14.0 Å². The molecule has 1 amide bonds. The standard InChI is InChI=1S/C15H19N3O2S2/c1-10(11-3-4-11)17(2)14(20)9-21-8-12-7-13(19)18-5-6-22-15(18)16-12/h5-7,10-11H,3-4,8-9H2,1-2H3. The first kappa shape index (κ1) is 15.6. The predicted octanol–water partition coefficient (Wildman–Crippen LogP) is 2.25. The number of rotatable bonds is 6. The van der Waals surface area contributed by atoms with E-state index >= 15 is 0 Å². The summed E-state index contributed by atoms with van der Waals surface area (Å²) in [5, 5.41) is 1.85. The van der Waals surface area contributed by atoms with Gasteiger partial charge in [0.2, 0.25) is 5.91 Å². The second-order valence-corrected chi connectivity index (χ2v) is 7.58. The van der Waals surface area contributed by atoms with E-state index in [2.05, 4.69) is 11.9 Å². The quantitative estimate of drug-likeness (QED) is 0.811. The Hall–Kier alpha value is -1.34. The average molecular weight is 337 g/mol. The van der Waals surface area contributed by atoms with Crippen molar-refractivity contribution >= 4 is 34.0 Å². The third kappa shape index (κ3) is 3.35. The molecule has 1 unspecified atom stereocenters. The van der Waals surface area contributed by atoms with Crippen molar-refractivity contribution < 1.29 is 4.79 Å². The lowest BCUT2D eigenvalue weighted by atomic mass is 10.2. The molecule has 3 rings (SSSR count).